The zero-order valence-corrected chi connectivity index (χ0v) is 32.8. The maximum atomic E-state index is 5.30. The molecular formula is C53H36N4S. The second-order valence-electron chi connectivity index (χ2n) is 15.0. The third-order valence-electron chi connectivity index (χ3n) is 11.1. The van der Waals surface area contributed by atoms with E-state index in [1.54, 1.807) is 0 Å². The van der Waals surface area contributed by atoms with Gasteiger partial charge in [-0.1, -0.05) is 151 Å². The molecule has 0 fully saturated rings. The summed E-state index contributed by atoms with van der Waals surface area (Å²) in [5.41, 5.74) is 13.2. The first-order valence-corrected chi connectivity index (χ1v) is 20.4. The molecule has 0 saturated heterocycles. The predicted molar refractivity (Wildman–Crippen MR) is 244 cm³/mol. The fourth-order valence-electron chi connectivity index (χ4n) is 8.48. The summed E-state index contributed by atoms with van der Waals surface area (Å²) >= 11 is 1.84. The number of benzene rings is 8. The van der Waals surface area contributed by atoms with Gasteiger partial charge in [-0.2, -0.15) is 0 Å². The number of hydrogen-bond donors (Lipinski definition) is 0. The van der Waals surface area contributed by atoms with Crippen LogP contribution < -0.4 is 0 Å². The van der Waals surface area contributed by atoms with Crippen molar-refractivity contribution in [3.63, 3.8) is 0 Å². The van der Waals surface area contributed by atoms with E-state index in [0.717, 1.165) is 44.5 Å². The van der Waals surface area contributed by atoms with E-state index in [2.05, 4.69) is 164 Å². The molecule has 5 heteroatoms. The Labute approximate surface area is 340 Å². The second-order valence-corrected chi connectivity index (χ2v) is 16.1. The fraction of sp³-hybridized carbons (Fsp3) is 0.0377. The van der Waals surface area contributed by atoms with Gasteiger partial charge in [-0.3, -0.25) is 0 Å². The van der Waals surface area contributed by atoms with Crippen molar-refractivity contribution in [1.29, 1.82) is 0 Å². The standard InChI is InChI=1S/C53H36N4S/c1-33-27-34(2)29-40(28-33)39-21-24-42-41-17-9-11-19-46(41)57(48(42)32-39)47-25-22-37(38-23-26-50-44(30-38)43-18-10-12-20-49(43)58-50)31-45(47)53-55-51(35-13-5-3-6-14-35)54-52(56-53)36-15-7-4-8-16-36/h3-32H,1-2H3. The Bertz CT molecular complexity index is 3280. The van der Waals surface area contributed by atoms with E-state index in [1.165, 1.54) is 53.2 Å². The van der Waals surface area contributed by atoms with E-state index in [4.69, 9.17) is 15.0 Å². The Kier molecular flexibility index (Phi) is 8.09. The first kappa shape index (κ1) is 34.1. The summed E-state index contributed by atoms with van der Waals surface area (Å²) in [4.78, 5) is 15.7. The lowest BCUT2D eigenvalue weighted by Crippen LogP contribution is -2.04. The monoisotopic (exact) mass is 760 g/mol. The molecular weight excluding hydrogens is 725 g/mol. The number of nitrogens with zero attached hydrogens (tertiary/aromatic N) is 4. The Balaban J connectivity index is 1.21. The largest absolute Gasteiger partial charge is 0.308 e. The van der Waals surface area contributed by atoms with Crippen molar-refractivity contribution in [2.24, 2.45) is 0 Å². The molecule has 0 bridgehead atoms. The number of thiophene rings is 1. The lowest BCUT2D eigenvalue weighted by Gasteiger charge is -2.17. The van der Waals surface area contributed by atoms with Crippen LogP contribution in [0, 0.1) is 13.8 Å². The molecule has 274 valence electrons. The van der Waals surface area contributed by atoms with Gasteiger partial charge in [-0.25, -0.2) is 15.0 Å². The van der Waals surface area contributed by atoms with Crippen molar-refractivity contribution in [3.05, 3.63) is 193 Å². The van der Waals surface area contributed by atoms with Gasteiger partial charge in [0.05, 0.1) is 16.7 Å². The van der Waals surface area contributed by atoms with Crippen LogP contribution in [-0.4, -0.2) is 19.5 Å². The number of hydrogen-bond acceptors (Lipinski definition) is 4. The van der Waals surface area contributed by atoms with Crippen molar-refractivity contribution in [2.75, 3.05) is 0 Å². The Morgan fingerprint density at radius 1 is 0.362 bits per heavy atom. The summed E-state index contributed by atoms with van der Waals surface area (Å²) < 4.78 is 4.98. The smallest absolute Gasteiger partial charge is 0.166 e. The number of fused-ring (bicyclic) bond motifs is 6. The van der Waals surface area contributed by atoms with Gasteiger partial charge in [-0.05, 0) is 78.6 Å². The van der Waals surface area contributed by atoms with Gasteiger partial charge in [0, 0.05) is 47.6 Å². The van der Waals surface area contributed by atoms with Crippen LogP contribution in [0.4, 0.5) is 0 Å². The zero-order valence-electron chi connectivity index (χ0n) is 32.0. The SMILES string of the molecule is Cc1cc(C)cc(-c2ccc3c4ccccc4n(-c4ccc(-c5ccc6sc7ccccc7c6c5)cc4-c4nc(-c5ccccc5)nc(-c5ccccc5)n4)c3c2)c1. The number of aromatic nitrogens is 4. The highest BCUT2D eigenvalue weighted by atomic mass is 32.1. The van der Waals surface area contributed by atoms with Gasteiger partial charge in [0.2, 0.25) is 0 Å². The van der Waals surface area contributed by atoms with E-state index in [0.29, 0.717) is 17.5 Å². The summed E-state index contributed by atoms with van der Waals surface area (Å²) in [6, 6.07) is 65.1. The molecule has 0 aliphatic carbocycles. The van der Waals surface area contributed by atoms with E-state index in [9.17, 15) is 0 Å². The molecule has 0 atom stereocenters. The minimum Gasteiger partial charge on any atom is -0.308 e. The van der Waals surface area contributed by atoms with Crippen LogP contribution in [0.25, 0.3) is 104 Å². The zero-order chi connectivity index (χ0) is 38.7. The number of para-hydroxylation sites is 1. The first-order valence-electron chi connectivity index (χ1n) is 19.6. The average molecular weight is 761 g/mol. The molecule has 0 aliphatic heterocycles. The Morgan fingerprint density at radius 2 is 0.914 bits per heavy atom. The minimum atomic E-state index is 0.614. The molecule has 3 heterocycles. The van der Waals surface area contributed by atoms with Crippen LogP contribution in [0.5, 0.6) is 0 Å². The molecule has 0 amide bonds. The molecule has 0 saturated carbocycles. The molecule has 0 N–H and O–H groups in total. The normalized spacial score (nSPS) is 11.6. The van der Waals surface area contributed by atoms with Gasteiger partial charge >= 0.3 is 0 Å². The Hall–Kier alpha value is -7.21. The molecule has 58 heavy (non-hydrogen) atoms. The van der Waals surface area contributed by atoms with Gasteiger partial charge in [0.1, 0.15) is 0 Å². The van der Waals surface area contributed by atoms with Crippen LogP contribution in [0.2, 0.25) is 0 Å². The van der Waals surface area contributed by atoms with Gasteiger partial charge in [0.25, 0.3) is 0 Å². The van der Waals surface area contributed by atoms with Crippen LogP contribution in [0.3, 0.4) is 0 Å². The number of aryl methyl sites for hydroxylation is 2. The van der Waals surface area contributed by atoms with E-state index in [-0.39, 0.29) is 0 Å². The van der Waals surface area contributed by atoms with E-state index < -0.39 is 0 Å². The lowest BCUT2D eigenvalue weighted by molar-refractivity contribution is 1.06. The molecule has 0 unspecified atom stereocenters. The third-order valence-corrected chi connectivity index (χ3v) is 12.3. The van der Waals surface area contributed by atoms with Crippen LogP contribution in [-0.2, 0) is 0 Å². The van der Waals surface area contributed by atoms with Crippen molar-refractivity contribution in [2.45, 2.75) is 13.8 Å². The van der Waals surface area contributed by atoms with Crippen LogP contribution in [0.15, 0.2) is 182 Å². The fourth-order valence-corrected chi connectivity index (χ4v) is 9.56. The van der Waals surface area contributed by atoms with Crippen molar-refractivity contribution in [1.82, 2.24) is 19.5 Å². The molecule has 3 aromatic heterocycles. The molecule has 0 radical (unpaired) electrons. The highest BCUT2D eigenvalue weighted by molar-refractivity contribution is 7.25. The summed E-state index contributed by atoms with van der Waals surface area (Å²) in [5.74, 6) is 1.88. The van der Waals surface area contributed by atoms with Gasteiger partial charge in [-0.15, -0.1) is 11.3 Å². The summed E-state index contributed by atoms with van der Waals surface area (Å²) in [6.45, 7) is 4.33. The van der Waals surface area contributed by atoms with Gasteiger partial charge in [0.15, 0.2) is 17.5 Å². The molecule has 0 aliphatic rings. The minimum absolute atomic E-state index is 0.614. The van der Waals surface area contributed by atoms with Crippen molar-refractivity contribution < 1.29 is 0 Å². The quantitative estimate of drug-likeness (QED) is 0.169. The van der Waals surface area contributed by atoms with Crippen LogP contribution >= 0.6 is 11.3 Å². The molecule has 4 nitrogen and oxygen atoms in total. The van der Waals surface area contributed by atoms with E-state index >= 15 is 0 Å². The maximum Gasteiger partial charge on any atom is 0.166 e. The summed E-state index contributed by atoms with van der Waals surface area (Å²) in [7, 11) is 0. The predicted octanol–water partition coefficient (Wildman–Crippen LogP) is 14.3. The average Bonchev–Trinajstić information content (AvgIpc) is 3.81. The third kappa shape index (κ3) is 5.87. The first-order chi connectivity index (χ1) is 28.5. The van der Waals surface area contributed by atoms with Crippen molar-refractivity contribution in [3.8, 4) is 62.1 Å². The maximum absolute atomic E-state index is 5.30. The topological polar surface area (TPSA) is 43.6 Å². The summed E-state index contributed by atoms with van der Waals surface area (Å²) in [6.07, 6.45) is 0. The highest BCUT2D eigenvalue weighted by Gasteiger charge is 2.21. The van der Waals surface area contributed by atoms with Crippen LogP contribution in [0.1, 0.15) is 11.1 Å². The molecule has 0 spiro atoms. The Morgan fingerprint density at radius 3 is 1.66 bits per heavy atom. The lowest BCUT2D eigenvalue weighted by atomic mass is 9.98. The van der Waals surface area contributed by atoms with Gasteiger partial charge < -0.3 is 4.57 Å². The van der Waals surface area contributed by atoms with Crippen molar-refractivity contribution >= 4 is 53.3 Å². The van der Waals surface area contributed by atoms with E-state index in [1.807, 2.05) is 47.7 Å². The molecule has 11 rings (SSSR count). The summed E-state index contributed by atoms with van der Waals surface area (Å²) in [5, 5.41) is 4.94. The molecule has 11 aromatic rings. The number of rotatable bonds is 6. The second kappa shape index (κ2) is 13.8. The molecule has 8 aromatic carbocycles. The highest BCUT2D eigenvalue weighted by Crippen LogP contribution is 2.41.